The molecule has 14 heavy (non-hydrogen) atoms. The molecule has 0 spiro atoms. The topological polar surface area (TPSA) is 23.5 Å². The molecule has 0 saturated carbocycles. The number of aliphatic hydroxyl groups excluding tert-OH is 1. The molecule has 1 rings (SSSR count). The van der Waals surface area contributed by atoms with Crippen LogP contribution in [-0.2, 0) is 0 Å². The highest BCUT2D eigenvalue weighted by Crippen LogP contribution is 2.16. The van der Waals surface area contributed by atoms with Gasteiger partial charge in [0.25, 0.3) is 0 Å². The summed E-state index contributed by atoms with van der Waals surface area (Å²) >= 11 is 4.20. The van der Waals surface area contributed by atoms with E-state index in [4.69, 9.17) is 5.11 Å². The van der Waals surface area contributed by atoms with Gasteiger partial charge in [-0.25, -0.2) is 0 Å². The first kappa shape index (κ1) is 12.3. The van der Waals surface area contributed by atoms with Crippen molar-refractivity contribution in [3.05, 3.63) is 0 Å². The van der Waals surface area contributed by atoms with E-state index in [9.17, 15) is 0 Å². The van der Waals surface area contributed by atoms with Crippen LogP contribution in [0.25, 0.3) is 0 Å². The fourth-order valence-corrected chi connectivity index (χ4v) is 2.29. The molecule has 1 aliphatic rings. The maximum Gasteiger partial charge on any atom is 0.0471 e. The first-order valence-electron chi connectivity index (χ1n) is 5.81. The van der Waals surface area contributed by atoms with Gasteiger partial charge in [-0.05, 0) is 44.0 Å². The smallest absolute Gasteiger partial charge is 0.0471 e. The highest BCUT2D eigenvalue weighted by Gasteiger charge is 2.20. The van der Waals surface area contributed by atoms with Crippen LogP contribution in [0.4, 0.5) is 0 Å². The average molecular weight is 217 g/mol. The highest BCUT2D eigenvalue weighted by atomic mass is 32.1. The van der Waals surface area contributed by atoms with Crippen molar-refractivity contribution >= 4 is 12.6 Å². The molecule has 0 aromatic heterocycles. The molecule has 1 fully saturated rings. The van der Waals surface area contributed by atoms with E-state index in [2.05, 4.69) is 17.5 Å². The molecule has 1 saturated heterocycles. The maximum atomic E-state index is 8.99. The van der Waals surface area contributed by atoms with E-state index < -0.39 is 0 Å². The Kier molecular flexibility index (Phi) is 6.65. The molecule has 0 aromatic rings. The van der Waals surface area contributed by atoms with Crippen LogP contribution in [0.3, 0.4) is 0 Å². The summed E-state index contributed by atoms with van der Waals surface area (Å²) in [5, 5.41) is 8.99. The summed E-state index contributed by atoms with van der Waals surface area (Å²) in [4.78, 5) is 2.49. The molecule has 0 bridgehead atoms. The number of likely N-dealkylation sites (tertiary alicyclic amines) is 1. The summed E-state index contributed by atoms with van der Waals surface area (Å²) in [7, 11) is 0. The summed E-state index contributed by atoms with van der Waals surface area (Å²) in [5.74, 6) is 1.57. The van der Waals surface area contributed by atoms with Crippen molar-refractivity contribution in [2.75, 3.05) is 32.0 Å². The third-order valence-corrected chi connectivity index (χ3v) is 3.33. The van der Waals surface area contributed by atoms with Gasteiger partial charge in [0, 0.05) is 13.2 Å². The lowest BCUT2D eigenvalue weighted by atomic mass is 10.1. The number of thiol groups is 1. The van der Waals surface area contributed by atoms with Crippen molar-refractivity contribution < 1.29 is 5.11 Å². The first-order valence-corrected chi connectivity index (χ1v) is 6.44. The van der Waals surface area contributed by atoms with Gasteiger partial charge < -0.3 is 10.0 Å². The molecule has 0 radical (unpaired) electrons. The zero-order chi connectivity index (χ0) is 10.2. The van der Waals surface area contributed by atoms with Crippen LogP contribution < -0.4 is 0 Å². The second-order valence-corrected chi connectivity index (χ2v) is 4.72. The first-order chi connectivity index (χ1) is 6.86. The number of hydrogen-bond acceptors (Lipinski definition) is 3. The Bertz CT molecular complexity index is 143. The number of nitrogens with zero attached hydrogens (tertiary/aromatic N) is 1. The Balaban J connectivity index is 1.92. The third kappa shape index (κ3) is 4.67. The van der Waals surface area contributed by atoms with Crippen LogP contribution in [0.15, 0.2) is 0 Å². The van der Waals surface area contributed by atoms with E-state index >= 15 is 0 Å². The molecule has 0 aliphatic carbocycles. The van der Waals surface area contributed by atoms with E-state index in [-0.39, 0.29) is 0 Å². The molecular weight excluding hydrogens is 194 g/mol. The van der Waals surface area contributed by atoms with Gasteiger partial charge in [0.1, 0.15) is 0 Å². The maximum absolute atomic E-state index is 8.99. The van der Waals surface area contributed by atoms with E-state index in [1.165, 1.54) is 45.2 Å². The van der Waals surface area contributed by atoms with Crippen LogP contribution in [0.2, 0.25) is 0 Å². The molecule has 2 nitrogen and oxygen atoms in total. The van der Waals surface area contributed by atoms with E-state index in [0.29, 0.717) is 12.5 Å². The minimum Gasteiger partial charge on any atom is -0.396 e. The van der Waals surface area contributed by atoms with E-state index in [1.807, 2.05) is 0 Å². The van der Waals surface area contributed by atoms with Crippen LogP contribution in [0.5, 0.6) is 0 Å². The van der Waals surface area contributed by atoms with Crippen molar-refractivity contribution in [1.82, 2.24) is 4.90 Å². The SMILES string of the molecule is OCC1CCN(CCCCCCS)C1. The summed E-state index contributed by atoms with van der Waals surface area (Å²) in [5.41, 5.74) is 0. The molecule has 84 valence electrons. The third-order valence-electron chi connectivity index (χ3n) is 3.01. The lowest BCUT2D eigenvalue weighted by Gasteiger charge is -2.14. The van der Waals surface area contributed by atoms with Gasteiger partial charge in [-0.1, -0.05) is 12.8 Å². The van der Waals surface area contributed by atoms with Crippen LogP contribution >= 0.6 is 12.6 Å². The molecular formula is C11H23NOS. The monoisotopic (exact) mass is 217 g/mol. The van der Waals surface area contributed by atoms with Crippen LogP contribution in [-0.4, -0.2) is 42.0 Å². The normalized spacial score (nSPS) is 23.1. The number of rotatable bonds is 7. The highest BCUT2D eigenvalue weighted by molar-refractivity contribution is 7.80. The van der Waals surface area contributed by atoms with Gasteiger partial charge in [-0.3, -0.25) is 0 Å². The minimum atomic E-state index is 0.371. The Morgan fingerprint density at radius 3 is 2.64 bits per heavy atom. The largest absolute Gasteiger partial charge is 0.396 e. The van der Waals surface area contributed by atoms with E-state index in [1.54, 1.807) is 0 Å². The summed E-state index contributed by atoms with van der Waals surface area (Å²) in [6.45, 7) is 3.90. The standard InChI is InChI=1S/C11H23NOS/c13-10-11-5-7-12(9-11)6-3-1-2-4-8-14/h11,13-14H,1-10H2. The van der Waals surface area contributed by atoms with Crippen molar-refractivity contribution in [2.24, 2.45) is 5.92 Å². The molecule has 1 aliphatic heterocycles. The zero-order valence-electron chi connectivity index (χ0n) is 8.99. The molecule has 1 heterocycles. The summed E-state index contributed by atoms with van der Waals surface area (Å²) in [6.07, 6.45) is 6.41. The quantitative estimate of drug-likeness (QED) is 0.502. The van der Waals surface area contributed by atoms with Crippen LogP contribution in [0.1, 0.15) is 32.1 Å². The molecule has 1 unspecified atom stereocenters. The Hall–Kier alpha value is 0.270. The summed E-state index contributed by atoms with van der Waals surface area (Å²) < 4.78 is 0. The lowest BCUT2D eigenvalue weighted by Crippen LogP contribution is -2.22. The molecule has 0 aromatic carbocycles. The van der Waals surface area contributed by atoms with Gasteiger partial charge in [-0.2, -0.15) is 12.6 Å². The van der Waals surface area contributed by atoms with Crippen molar-refractivity contribution in [3.63, 3.8) is 0 Å². The fraction of sp³-hybridized carbons (Fsp3) is 1.00. The molecule has 1 N–H and O–H groups in total. The Morgan fingerprint density at radius 2 is 2.00 bits per heavy atom. The number of unbranched alkanes of at least 4 members (excludes halogenated alkanes) is 3. The van der Waals surface area contributed by atoms with Crippen molar-refractivity contribution in [2.45, 2.75) is 32.1 Å². The van der Waals surface area contributed by atoms with Gasteiger partial charge in [0.2, 0.25) is 0 Å². The van der Waals surface area contributed by atoms with Gasteiger partial charge in [0.15, 0.2) is 0 Å². The molecule has 1 atom stereocenters. The average Bonchev–Trinajstić information content (AvgIpc) is 2.65. The number of aliphatic hydroxyl groups is 1. The minimum absolute atomic E-state index is 0.371. The lowest BCUT2D eigenvalue weighted by molar-refractivity contribution is 0.221. The zero-order valence-corrected chi connectivity index (χ0v) is 9.88. The number of hydrogen-bond donors (Lipinski definition) is 2. The molecule has 0 amide bonds. The Labute approximate surface area is 93.1 Å². The fourth-order valence-electron chi connectivity index (χ4n) is 2.07. The van der Waals surface area contributed by atoms with Crippen molar-refractivity contribution in [3.8, 4) is 0 Å². The van der Waals surface area contributed by atoms with Crippen LogP contribution in [0, 0.1) is 5.92 Å². The van der Waals surface area contributed by atoms with E-state index in [0.717, 1.165) is 12.3 Å². The van der Waals surface area contributed by atoms with Crippen molar-refractivity contribution in [1.29, 1.82) is 0 Å². The predicted octanol–water partition coefficient (Wildman–Crippen LogP) is 1.79. The van der Waals surface area contributed by atoms with Gasteiger partial charge in [0.05, 0.1) is 0 Å². The van der Waals surface area contributed by atoms with Gasteiger partial charge >= 0.3 is 0 Å². The predicted molar refractivity (Wildman–Crippen MR) is 64.0 cm³/mol. The summed E-state index contributed by atoms with van der Waals surface area (Å²) in [6, 6.07) is 0. The molecule has 3 heteroatoms. The Morgan fingerprint density at radius 1 is 1.21 bits per heavy atom. The van der Waals surface area contributed by atoms with Gasteiger partial charge in [-0.15, -0.1) is 0 Å². The second kappa shape index (κ2) is 7.55. The second-order valence-electron chi connectivity index (χ2n) is 4.28.